The van der Waals surface area contributed by atoms with Crippen LogP contribution in [0.3, 0.4) is 0 Å². The molecule has 0 amide bonds. The summed E-state index contributed by atoms with van der Waals surface area (Å²) < 4.78 is 41.2. The van der Waals surface area contributed by atoms with Crippen molar-refractivity contribution in [3.63, 3.8) is 0 Å². The summed E-state index contributed by atoms with van der Waals surface area (Å²) >= 11 is 0. The van der Waals surface area contributed by atoms with Gasteiger partial charge in [0.25, 0.3) is 0 Å². The number of aryl methyl sites for hydroxylation is 5. The molecule has 3 rings (SSSR count). The molecule has 0 saturated carbocycles. The number of hydrogen-bond acceptors (Lipinski definition) is 0. The molecule has 1 aromatic heterocycles. The molecule has 0 N–H and O–H groups in total. The fourth-order valence-corrected chi connectivity index (χ4v) is 2.79. The van der Waals surface area contributed by atoms with Gasteiger partial charge in [-0.15, -0.1) is 0 Å². The van der Waals surface area contributed by atoms with Crippen LogP contribution in [0.25, 0.3) is 11.3 Å². The second kappa shape index (κ2) is 4.80. The Kier molecular flexibility index (Phi) is 1.98. The minimum Gasteiger partial charge on any atom is -0.201 e. The zero-order chi connectivity index (χ0) is 17.7. The lowest BCUT2D eigenvalue weighted by Crippen LogP contribution is -2.32. The highest BCUT2D eigenvalue weighted by Gasteiger charge is 2.19. The van der Waals surface area contributed by atoms with E-state index in [9.17, 15) is 0 Å². The molecule has 0 unspecified atom stereocenters. The second-order valence-corrected chi connectivity index (χ2v) is 5.27. The Morgan fingerprint density at radius 3 is 2.89 bits per heavy atom. The van der Waals surface area contributed by atoms with Crippen LogP contribution in [0.4, 0.5) is 0 Å². The molecule has 0 fully saturated rings. The van der Waals surface area contributed by atoms with Gasteiger partial charge >= 0.3 is 0 Å². The van der Waals surface area contributed by atoms with Crippen molar-refractivity contribution in [3.05, 3.63) is 52.7 Å². The van der Waals surface area contributed by atoms with Gasteiger partial charge in [0.15, 0.2) is 6.20 Å². The monoisotopic (exact) mass is 257 g/mol. The zero-order valence-electron chi connectivity index (χ0n) is 16.5. The topological polar surface area (TPSA) is 3.88 Å². The first kappa shape index (κ1) is 7.84. The summed E-state index contributed by atoms with van der Waals surface area (Å²) in [4.78, 5) is 0. The van der Waals surface area contributed by atoms with Crippen LogP contribution >= 0.6 is 0 Å². The van der Waals surface area contributed by atoms with Crippen LogP contribution in [0.1, 0.15) is 41.9 Å². The molecule has 2 aromatic rings. The Morgan fingerprint density at radius 2 is 2.11 bits per heavy atom. The molecule has 0 aliphatic heterocycles. The molecule has 19 heavy (non-hydrogen) atoms. The lowest BCUT2D eigenvalue weighted by molar-refractivity contribution is -0.660. The molecule has 0 saturated heterocycles. The maximum atomic E-state index is 8.29. The van der Waals surface area contributed by atoms with Crippen molar-refractivity contribution in [2.24, 2.45) is 7.05 Å². The maximum Gasteiger partial charge on any atom is 0.212 e. The minimum atomic E-state index is -2.11. The quantitative estimate of drug-likeness (QED) is 0.686. The number of nitrogens with zero attached hydrogens (tertiary/aromatic N) is 1. The Hall–Kier alpha value is -1.63. The fraction of sp³-hybridized carbons (Fsp3) is 0.389. The smallest absolute Gasteiger partial charge is 0.201 e. The Balaban J connectivity index is 2.14. The summed E-state index contributed by atoms with van der Waals surface area (Å²) in [6, 6.07) is 7.11. The number of rotatable bonds is 1. The highest BCUT2D eigenvalue weighted by atomic mass is 14.9. The molecule has 0 radical (unpaired) electrons. The van der Waals surface area contributed by atoms with E-state index in [1.807, 2.05) is 36.9 Å². The van der Waals surface area contributed by atoms with E-state index < -0.39 is 13.2 Å². The van der Waals surface area contributed by atoms with Gasteiger partial charge in [-0.2, -0.15) is 0 Å². The Morgan fingerprint density at radius 1 is 1.21 bits per heavy atom. The summed E-state index contributed by atoms with van der Waals surface area (Å²) in [6.45, 7) is -0.211. The standard InChI is InChI=1S/C18H22N/c1-13-8-9-17(14(2)10-13)18-11-15-6-4-5-7-16(15)12-19(18)3/h8-12H,4-7H2,1-3H3/q+1/i1D3,6D2. The van der Waals surface area contributed by atoms with Crippen molar-refractivity contribution in [2.45, 2.75) is 39.4 Å². The second-order valence-electron chi connectivity index (χ2n) is 5.27. The van der Waals surface area contributed by atoms with Crippen molar-refractivity contribution in [1.29, 1.82) is 0 Å². The van der Waals surface area contributed by atoms with E-state index in [1.54, 1.807) is 12.1 Å². The summed E-state index contributed by atoms with van der Waals surface area (Å²) in [6.07, 6.45) is 3.03. The van der Waals surface area contributed by atoms with E-state index in [-0.39, 0.29) is 0 Å². The largest absolute Gasteiger partial charge is 0.212 e. The first-order valence-electron chi connectivity index (χ1n) is 9.24. The van der Waals surface area contributed by atoms with Gasteiger partial charge in [0.2, 0.25) is 5.69 Å². The van der Waals surface area contributed by atoms with Gasteiger partial charge in [0.05, 0.1) is 0 Å². The molecule has 1 heteroatoms. The van der Waals surface area contributed by atoms with Crippen LogP contribution in [0.15, 0.2) is 30.5 Å². The molecule has 0 bridgehead atoms. The van der Waals surface area contributed by atoms with E-state index in [4.69, 9.17) is 6.85 Å². The van der Waals surface area contributed by atoms with Crippen LogP contribution in [0, 0.1) is 13.8 Å². The summed E-state index contributed by atoms with van der Waals surface area (Å²) in [5.41, 5.74) is 4.90. The molecule has 1 nitrogen and oxygen atoms in total. The van der Waals surface area contributed by atoms with E-state index in [0.29, 0.717) is 12.0 Å². The number of pyridine rings is 1. The van der Waals surface area contributed by atoms with E-state index in [2.05, 4.69) is 0 Å². The zero-order valence-corrected chi connectivity index (χ0v) is 11.5. The van der Waals surface area contributed by atoms with Crippen LogP contribution in [-0.4, -0.2) is 0 Å². The van der Waals surface area contributed by atoms with Crippen LogP contribution < -0.4 is 4.57 Å². The minimum absolute atomic E-state index is 0.333. The third kappa shape index (κ3) is 2.30. The van der Waals surface area contributed by atoms with E-state index in [1.165, 1.54) is 0 Å². The van der Waals surface area contributed by atoms with Crippen molar-refractivity contribution < 1.29 is 11.4 Å². The van der Waals surface area contributed by atoms with Crippen molar-refractivity contribution in [2.75, 3.05) is 0 Å². The van der Waals surface area contributed by atoms with Gasteiger partial charge in [0, 0.05) is 24.0 Å². The summed E-state index contributed by atoms with van der Waals surface area (Å²) in [7, 11) is 1.96. The SMILES string of the molecule is [2H]C([2H])([2H])c1ccc(-c2cc3c(c[n+]2C)CCCC3([2H])[2H])c(C)c1. The average molecular weight is 257 g/mol. The third-order valence-corrected chi connectivity index (χ3v) is 3.80. The molecule has 1 aliphatic carbocycles. The van der Waals surface area contributed by atoms with Gasteiger partial charge < -0.3 is 0 Å². The number of aromatic nitrogens is 1. The van der Waals surface area contributed by atoms with E-state index in [0.717, 1.165) is 40.8 Å². The Labute approximate surface area is 122 Å². The fourth-order valence-electron chi connectivity index (χ4n) is 2.79. The van der Waals surface area contributed by atoms with Crippen molar-refractivity contribution >= 4 is 0 Å². The molecule has 0 atom stereocenters. The molecule has 1 heterocycles. The van der Waals surface area contributed by atoms with Gasteiger partial charge in [-0.25, -0.2) is 4.57 Å². The van der Waals surface area contributed by atoms with Crippen LogP contribution in [-0.2, 0) is 19.8 Å². The van der Waals surface area contributed by atoms with Crippen molar-refractivity contribution in [3.8, 4) is 11.3 Å². The van der Waals surface area contributed by atoms with Crippen LogP contribution in [0.5, 0.6) is 0 Å². The van der Waals surface area contributed by atoms with Crippen molar-refractivity contribution in [1.82, 2.24) is 0 Å². The molecule has 1 aromatic carbocycles. The number of benzene rings is 1. The molecular weight excluding hydrogens is 230 g/mol. The van der Waals surface area contributed by atoms with Crippen LogP contribution in [0.2, 0.25) is 0 Å². The summed E-state index contributed by atoms with van der Waals surface area (Å²) in [5.74, 6) is 0. The summed E-state index contributed by atoms with van der Waals surface area (Å²) in [5, 5.41) is 0. The molecule has 98 valence electrons. The lowest BCUT2D eigenvalue weighted by Gasteiger charge is -2.15. The predicted molar refractivity (Wildman–Crippen MR) is 79.2 cm³/mol. The molecule has 0 spiro atoms. The number of hydrogen-bond donors (Lipinski definition) is 0. The molecule has 1 aliphatic rings. The number of fused-ring (bicyclic) bond motifs is 1. The van der Waals surface area contributed by atoms with Gasteiger partial charge in [-0.3, -0.25) is 0 Å². The first-order valence-corrected chi connectivity index (χ1v) is 6.74. The highest BCUT2D eigenvalue weighted by molar-refractivity contribution is 5.62. The predicted octanol–water partition coefficient (Wildman–Crippen LogP) is 3.67. The van der Waals surface area contributed by atoms with Gasteiger partial charge in [-0.1, -0.05) is 17.7 Å². The maximum absolute atomic E-state index is 8.29. The third-order valence-electron chi connectivity index (χ3n) is 3.80. The normalized spacial score (nSPS) is 21.5. The lowest BCUT2D eigenvalue weighted by atomic mass is 9.91. The van der Waals surface area contributed by atoms with Gasteiger partial charge in [-0.05, 0) is 56.6 Å². The van der Waals surface area contributed by atoms with Gasteiger partial charge in [0.1, 0.15) is 7.05 Å². The Bertz CT molecular complexity index is 793. The van der Waals surface area contributed by atoms with E-state index >= 15 is 0 Å². The first-order chi connectivity index (χ1) is 11.1. The average Bonchev–Trinajstić information content (AvgIpc) is 2.46. The molecular formula is C18H22N+. The highest BCUT2D eigenvalue weighted by Crippen LogP contribution is 2.26.